The number of aliphatic imine (C=N–C) groups is 1. The summed E-state index contributed by atoms with van der Waals surface area (Å²) in [5.41, 5.74) is 12.0. The van der Waals surface area contributed by atoms with Crippen LogP contribution in [-0.2, 0) is 5.41 Å². The van der Waals surface area contributed by atoms with Crippen molar-refractivity contribution in [1.82, 2.24) is 19.5 Å². The molecule has 2 aromatic heterocycles. The van der Waals surface area contributed by atoms with E-state index in [-0.39, 0.29) is 0 Å². The molecule has 0 aliphatic carbocycles. The second-order valence-corrected chi connectivity index (χ2v) is 14.6. The van der Waals surface area contributed by atoms with Gasteiger partial charge >= 0.3 is 0 Å². The largest absolute Gasteiger partial charge is 0.309 e. The van der Waals surface area contributed by atoms with Crippen LogP contribution in [0.1, 0.15) is 22.3 Å². The quantitative estimate of drug-likeness (QED) is 0.163. The highest BCUT2D eigenvalue weighted by atomic mass is 15.0. The molecule has 1 aliphatic rings. The minimum absolute atomic E-state index is 0.615. The van der Waals surface area contributed by atoms with Crippen LogP contribution in [0.3, 0.4) is 0 Å². The molecule has 58 heavy (non-hydrogen) atoms. The van der Waals surface area contributed by atoms with Crippen LogP contribution in [0, 0.1) is 0 Å². The Morgan fingerprint density at radius 1 is 0.379 bits per heavy atom. The zero-order valence-corrected chi connectivity index (χ0v) is 31.4. The predicted molar refractivity (Wildman–Crippen MR) is 236 cm³/mol. The van der Waals surface area contributed by atoms with Gasteiger partial charge in [0, 0.05) is 33.2 Å². The summed E-state index contributed by atoms with van der Waals surface area (Å²) in [4.78, 5) is 20.8. The van der Waals surface area contributed by atoms with Crippen molar-refractivity contribution in [3.8, 4) is 39.9 Å². The summed E-state index contributed by atoms with van der Waals surface area (Å²) in [5, 5.41) is 2.27. The maximum Gasteiger partial charge on any atom is 0.164 e. The SMILES string of the molecule is c1ccc(C2=Nc3c(ccc4c3c3ccccc3n4-c3cccc(-c4nc(-c5ccccc5)nc(-c5ccccc5)n4)c3)C2(c2ccccc2)c2ccccc2)cc1. The highest BCUT2D eigenvalue weighted by molar-refractivity contribution is 6.23. The Balaban J connectivity index is 1.16. The first-order valence-electron chi connectivity index (χ1n) is 19.6. The molecule has 1 aliphatic heterocycles. The molecule has 0 atom stereocenters. The number of aromatic nitrogens is 4. The summed E-state index contributed by atoms with van der Waals surface area (Å²) in [7, 11) is 0. The Morgan fingerprint density at radius 3 is 1.45 bits per heavy atom. The average Bonchev–Trinajstić information content (AvgIpc) is 3.84. The minimum Gasteiger partial charge on any atom is -0.309 e. The van der Waals surface area contributed by atoms with Crippen LogP contribution in [0.15, 0.2) is 217 Å². The number of hydrogen-bond donors (Lipinski definition) is 0. The molecule has 0 saturated carbocycles. The van der Waals surface area contributed by atoms with Gasteiger partial charge in [0.15, 0.2) is 17.5 Å². The van der Waals surface area contributed by atoms with E-state index in [4.69, 9.17) is 19.9 Å². The smallest absolute Gasteiger partial charge is 0.164 e. The summed E-state index contributed by atoms with van der Waals surface area (Å²) in [6.45, 7) is 0. The van der Waals surface area contributed by atoms with Crippen LogP contribution in [-0.4, -0.2) is 25.2 Å². The van der Waals surface area contributed by atoms with Crippen molar-refractivity contribution in [2.75, 3.05) is 0 Å². The van der Waals surface area contributed by atoms with E-state index in [2.05, 4.69) is 156 Å². The molecule has 0 saturated heterocycles. The lowest BCUT2D eigenvalue weighted by molar-refractivity contribution is 0.852. The summed E-state index contributed by atoms with van der Waals surface area (Å²) in [6, 6.07) is 74.3. The van der Waals surface area contributed by atoms with Gasteiger partial charge in [-0.05, 0) is 46.5 Å². The Bertz CT molecular complexity index is 3040. The number of rotatable bonds is 7. The van der Waals surface area contributed by atoms with Gasteiger partial charge in [0.1, 0.15) is 0 Å². The van der Waals surface area contributed by atoms with E-state index < -0.39 is 5.41 Å². The molecule has 10 aromatic rings. The van der Waals surface area contributed by atoms with Gasteiger partial charge in [-0.3, -0.25) is 4.99 Å². The Hall–Kier alpha value is -7.76. The Labute approximate surface area is 336 Å². The van der Waals surface area contributed by atoms with E-state index in [1.807, 2.05) is 60.7 Å². The van der Waals surface area contributed by atoms with E-state index in [1.54, 1.807) is 0 Å². The van der Waals surface area contributed by atoms with E-state index in [1.165, 1.54) is 16.7 Å². The molecule has 0 N–H and O–H groups in total. The van der Waals surface area contributed by atoms with E-state index in [0.29, 0.717) is 17.5 Å². The number of benzene rings is 8. The van der Waals surface area contributed by atoms with Gasteiger partial charge < -0.3 is 4.57 Å². The van der Waals surface area contributed by atoms with Crippen molar-refractivity contribution in [3.63, 3.8) is 0 Å². The molecule has 8 aromatic carbocycles. The first-order valence-corrected chi connectivity index (χ1v) is 19.6. The van der Waals surface area contributed by atoms with Crippen LogP contribution in [0.25, 0.3) is 61.7 Å². The number of hydrogen-bond acceptors (Lipinski definition) is 4. The van der Waals surface area contributed by atoms with Crippen LogP contribution < -0.4 is 0 Å². The van der Waals surface area contributed by atoms with Crippen molar-refractivity contribution >= 4 is 33.2 Å². The third-order valence-electron chi connectivity index (χ3n) is 11.3. The predicted octanol–water partition coefficient (Wildman–Crippen LogP) is 12.4. The zero-order chi connectivity index (χ0) is 38.5. The van der Waals surface area contributed by atoms with Gasteiger partial charge in [0.25, 0.3) is 0 Å². The molecule has 0 bridgehead atoms. The second-order valence-electron chi connectivity index (χ2n) is 14.6. The van der Waals surface area contributed by atoms with Gasteiger partial charge in [-0.1, -0.05) is 188 Å². The molecule has 0 amide bonds. The standard InChI is InChI=1S/C53H35N5/c1-6-19-36(20-7-1)49-53(40-26-12-4-13-27-40,41-28-14-5-15-29-41)44-33-34-46-47(48(44)54-49)43-31-16-17-32-45(43)58(46)42-30-18-25-39(35-42)52-56-50(37-21-8-2-9-22-37)55-51(57-52)38-23-10-3-11-24-38/h1-35H. The highest BCUT2D eigenvalue weighted by Gasteiger charge is 2.48. The third-order valence-corrected chi connectivity index (χ3v) is 11.3. The van der Waals surface area contributed by atoms with Gasteiger partial charge in [-0.25, -0.2) is 15.0 Å². The third kappa shape index (κ3) is 5.32. The molecule has 0 radical (unpaired) electrons. The van der Waals surface area contributed by atoms with Gasteiger partial charge in [0.05, 0.1) is 27.8 Å². The molecular formula is C53H35N5. The van der Waals surface area contributed by atoms with Crippen LogP contribution >= 0.6 is 0 Å². The summed E-state index contributed by atoms with van der Waals surface area (Å²) >= 11 is 0. The molecule has 0 fully saturated rings. The number of nitrogens with zero attached hydrogens (tertiary/aromatic N) is 5. The van der Waals surface area contributed by atoms with Crippen molar-refractivity contribution in [3.05, 3.63) is 235 Å². The first-order chi connectivity index (χ1) is 28.8. The zero-order valence-electron chi connectivity index (χ0n) is 31.4. The van der Waals surface area contributed by atoms with Gasteiger partial charge in [-0.15, -0.1) is 0 Å². The van der Waals surface area contributed by atoms with Gasteiger partial charge in [-0.2, -0.15) is 0 Å². The minimum atomic E-state index is -0.637. The summed E-state index contributed by atoms with van der Waals surface area (Å²) < 4.78 is 2.36. The molecule has 3 heterocycles. The molecular weight excluding hydrogens is 707 g/mol. The maximum atomic E-state index is 5.73. The van der Waals surface area contributed by atoms with Crippen molar-refractivity contribution in [1.29, 1.82) is 0 Å². The first kappa shape index (κ1) is 33.6. The Morgan fingerprint density at radius 2 is 0.862 bits per heavy atom. The number of fused-ring (bicyclic) bond motifs is 5. The average molecular weight is 742 g/mol. The van der Waals surface area contributed by atoms with E-state index in [9.17, 15) is 0 Å². The fourth-order valence-electron chi connectivity index (χ4n) is 8.79. The van der Waals surface area contributed by atoms with Crippen molar-refractivity contribution in [2.24, 2.45) is 4.99 Å². The molecule has 5 heteroatoms. The van der Waals surface area contributed by atoms with E-state index in [0.717, 1.165) is 61.1 Å². The van der Waals surface area contributed by atoms with Crippen LogP contribution in [0.4, 0.5) is 5.69 Å². The number of para-hydroxylation sites is 1. The molecule has 272 valence electrons. The van der Waals surface area contributed by atoms with Crippen molar-refractivity contribution < 1.29 is 0 Å². The summed E-state index contributed by atoms with van der Waals surface area (Å²) in [6.07, 6.45) is 0. The molecule has 11 rings (SSSR count). The van der Waals surface area contributed by atoms with Crippen LogP contribution in [0.2, 0.25) is 0 Å². The molecule has 0 unspecified atom stereocenters. The topological polar surface area (TPSA) is 56.0 Å². The fourth-order valence-corrected chi connectivity index (χ4v) is 8.79. The monoisotopic (exact) mass is 741 g/mol. The maximum absolute atomic E-state index is 5.73. The normalized spacial score (nSPS) is 13.1. The Kier molecular flexibility index (Phi) is 7.97. The summed E-state index contributed by atoms with van der Waals surface area (Å²) in [5.74, 6) is 1.88. The van der Waals surface area contributed by atoms with Crippen LogP contribution in [0.5, 0.6) is 0 Å². The highest BCUT2D eigenvalue weighted by Crippen LogP contribution is 2.54. The lowest BCUT2D eigenvalue weighted by Gasteiger charge is -2.34. The lowest BCUT2D eigenvalue weighted by Crippen LogP contribution is -2.36. The fraction of sp³-hybridized carbons (Fsp3) is 0.0189. The van der Waals surface area contributed by atoms with Crippen molar-refractivity contribution in [2.45, 2.75) is 5.41 Å². The molecule has 0 spiro atoms. The lowest BCUT2D eigenvalue weighted by atomic mass is 9.65. The molecule has 5 nitrogen and oxygen atoms in total. The van der Waals surface area contributed by atoms with E-state index >= 15 is 0 Å². The second kappa shape index (κ2) is 13.8. The van der Waals surface area contributed by atoms with Gasteiger partial charge in [0.2, 0.25) is 0 Å².